The van der Waals surface area contributed by atoms with Gasteiger partial charge in [0.1, 0.15) is 11.6 Å². The van der Waals surface area contributed by atoms with E-state index in [9.17, 15) is 14.0 Å². The SMILES string of the molecule is CCOc1ccc(CC(=O)OCC(=O)Nc2cc(F)ccc2Cl)cc1. The van der Waals surface area contributed by atoms with E-state index in [2.05, 4.69) is 5.32 Å². The molecule has 2 aromatic rings. The fourth-order valence-electron chi connectivity index (χ4n) is 2.01. The van der Waals surface area contributed by atoms with Gasteiger partial charge in [0, 0.05) is 0 Å². The first-order valence-corrected chi connectivity index (χ1v) is 7.98. The molecule has 2 aromatic carbocycles. The molecule has 7 heteroatoms. The maximum Gasteiger partial charge on any atom is 0.310 e. The summed E-state index contributed by atoms with van der Waals surface area (Å²) in [6.45, 7) is 1.96. The van der Waals surface area contributed by atoms with Crippen molar-refractivity contribution in [1.29, 1.82) is 0 Å². The monoisotopic (exact) mass is 365 g/mol. The van der Waals surface area contributed by atoms with Crippen LogP contribution in [0.5, 0.6) is 5.75 Å². The summed E-state index contributed by atoms with van der Waals surface area (Å²) in [6.07, 6.45) is 0.0282. The molecule has 0 heterocycles. The fourth-order valence-corrected chi connectivity index (χ4v) is 2.18. The molecule has 2 rings (SSSR count). The number of ether oxygens (including phenoxy) is 2. The van der Waals surface area contributed by atoms with E-state index < -0.39 is 24.3 Å². The van der Waals surface area contributed by atoms with Gasteiger partial charge in [0.2, 0.25) is 0 Å². The molecule has 0 saturated carbocycles. The fraction of sp³-hybridized carbons (Fsp3) is 0.222. The lowest BCUT2D eigenvalue weighted by Crippen LogP contribution is -2.21. The van der Waals surface area contributed by atoms with Crippen molar-refractivity contribution in [3.63, 3.8) is 0 Å². The summed E-state index contributed by atoms with van der Waals surface area (Å²) in [7, 11) is 0. The molecule has 5 nitrogen and oxygen atoms in total. The number of benzene rings is 2. The Morgan fingerprint density at radius 2 is 1.88 bits per heavy atom. The van der Waals surface area contributed by atoms with Crippen molar-refractivity contribution in [3.8, 4) is 5.75 Å². The molecule has 0 aliphatic heterocycles. The Morgan fingerprint density at radius 1 is 1.16 bits per heavy atom. The molecular weight excluding hydrogens is 349 g/mol. The first-order valence-electron chi connectivity index (χ1n) is 7.60. The molecule has 1 N–H and O–H groups in total. The summed E-state index contributed by atoms with van der Waals surface area (Å²) in [6, 6.07) is 10.6. The number of halogens is 2. The van der Waals surface area contributed by atoms with Crippen molar-refractivity contribution in [2.75, 3.05) is 18.5 Å². The molecule has 0 saturated heterocycles. The van der Waals surface area contributed by atoms with Crippen LogP contribution < -0.4 is 10.1 Å². The van der Waals surface area contributed by atoms with E-state index in [1.165, 1.54) is 12.1 Å². The third-order valence-corrected chi connectivity index (χ3v) is 3.48. The molecule has 0 bridgehead atoms. The number of hydrogen-bond acceptors (Lipinski definition) is 4. The van der Waals surface area contributed by atoms with E-state index in [-0.39, 0.29) is 17.1 Å². The van der Waals surface area contributed by atoms with E-state index in [0.29, 0.717) is 12.4 Å². The second kappa shape index (κ2) is 9.03. The lowest BCUT2D eigenvalue weighted by Gasteiger charge is -2.08. The standard InChI is InChI=1S/C18H17ClFNO4/c1-2-24-14-6-3-12(4-7-14)9-18(23)25-11-17(22)21-16-10-13(20)5-8-15(16)19/h3-8,10H,2,9,11H2,1H3,(H,21,22). The normalized spacial score (nSPS) is 10.2. The highest BCUT2D eigenvalue weighted by Crippen LogP contribution is 2.22. The van der Waals surface area contributed by atoms with Crippen LogP contribution in [-0.2, 0) is 20.7 Å². The Morgan fingerprint density at radius 3 is 2.56 bits per heavy atom. The molecule has 0 atom stereocenters. The van der Waals surface area contributed by atoms with Gasteiger partial charge in [-0.1, -0.05) is 23.7 Å². The van der Waals surface area contributed by atoms with Gasteiger partial charge in [-0.2, -0.15) is 0 Å². The van der Waals surface area contributed by atoms with Crippen LogP contribution in [0.2, 0.25) is 5.02 Å². The van der Waals surface area contributed by atoms with Crippen molar-refractivity contribution in [1.82, 2.24) is 0 Å². The van der Waals surface area contributed by atoms with Crippen LogP contribution in [-0.4, -0.2) is 25.1 Å². The Hall–Kier alpha value is -2.60. The number of carbonyl (C=O) groups is 2. The van der Waals surface area contributed by atoms with Crippen LogP contribution in [0.4, 0.5) is 10.1 Å². The summed E-state index contributed by atoms with van der Waals surface area (Å²) >= 11 is 5.85. The second-order valence-corrected chi connectivity index (χ2v) is 5.49. The summed E-state index contributed by atoms with van der Waals surface area (Å²) in [5.41, 5.74) is 0.858. The van der Waals surface area contributed by atoms with E-state index >= 15 is 0 Å². The largest absolute Gasteiger partial charge is 0.494 e. The van der Waals surface area contributed by atoms with Crippen LogP contribution in [0.1, 0.15) is 12.5 Å². The molecule has 0 fully saturated rings. The smallest absolute Gasteiger partial charge is 0.310 e. The minimum absolute atomic E-state index is 0.0282. The Balaban J connectivity index is 1.80. The minimum Gasteiger partial charge on any atom is -0.494 e. The summed E-state index contributed by atoms with van der Waals surface area (Å²) in [4.78, 5) is 23.5. The lowest BCUT2D eigenvalue weighted by molar-refractivity contribution is -0.146. The number of anilines is 1. The third kappa shape index (κ3) is 6.08. The van der Waals surface area contributed by atoms with E-state index in [1.807, 2.05) is 6.92 Å². The van der Waals surface area contributed by atoms with Crippen molar-refractivity contribution in [2.45, 2.75) is 13.3 Å². The van der Waals surface area contributed by atoms with Crippen molar-refractivity contribution < 1.29 is 23.5 Å². The number of amides is 1. The van der Waals surface area contributed by atoms with Gasteiger partial charge in [0.25, 0.3) is 5.91 Å². The highest BCUT2D eigenvalue weighted by molar-refractivity contribution is 6.33. The van der Waals surface area contributed by atoms with E-state index in [1.54, 1.807) is 24.3 Å². The molecule has 132 valence electrons. The first kappa shape index (κ1) is 18.7. The van der Waals surface area contributed by atoms with Gasteiger partial charge in [-0.3, -0.25) is 9.59 Å². The summed E-state index contributed by atoms with van der Waals surface area (Å²) < 4.78 is 23.3. The Labute approximate surface area is 149 Å². The average molecular weight is 366 g/mol. The van der Waals surface area contributed by atoms with Crippen LogP contribution in [0.3, 0.4) is 0 Å². The highest BCUT2D eigenvalue weighted by Gasteiger charge is 2.11. The summed E-state index contributed by atoms with van der Waals surface area (Å²) in [5.74, 6) is -0.977. The second-order valence-electron chi connectivity index (χ2n) is 5.09. The van der Waals surface area contributed by atoms with Gasteiger partial charge >= 0.3 is 5.97 Å². The minimum atomic E-state index is -0.604. The van der Waals surface area contributed by atoms with Gasteiger partial charge in [-0.05, 0) is 42.8 Å². The quantitative estimate of drug-likeness (QED) is 0.761. The van der Waals surface area contributed by atoms with Gasteiger partial charge < -0.3 is 14.8 Å². The summed E-state index contributed by atoms with van der Waals surface area (Å²) in [5, 5.41) is 2.58. The molecule has 25 heavy (non-hydrogen) atoms. The van der Waals surface area contributed by atoms with Gasteiger partial charge in [0.05, 0.1) is 23.7 Å². The average Bonchev–Trinajstić information content (AvgIpc) is 2.58. The van der Waals surface area contributed by atoms with Crippen LogP contribution >= 0.6 is 11.6 Å². The van der Waals surface area contributed by atoms with Gasteiger partial charge in [0.15, 0.2) is 6.61 Å². The number of esters is 1. The van der Waals surface area contributed by atoms with Crippen molar-refractivity contribution in [2.24, 2.45) is 0 Å². The predicted octanol–water partition coefficient (Wildman–Crippen LogP) is 3.60. The van der Waals surface area contributed by atoms with Crippen LogP contribution in [0.15, 0.2) is 42.5 Å². The van der Waals surface area contributed by atoms with Gasteiger partial charge in [-0.15, -0.1) is 0 Å². The number of hydrogen-bond donors (Lipinski definition) is 1. The maximum absolute atomic E-state index is 13.1. The van der Waals surface area contributed by atoms with Crippen molar-refractivity contribution in [3.05, 3.63) is 58.9 Å². The molecule has 0 radical (unpaired) electrons. The number of rotatable bonds is 7. The van der Waals surface area contributed by atoms with E-state index in [0.717, 1.165) is 11.6 Å². The Bertz CT molecular complexity index is 749. The molecule has 0 aromatic heterocycles. The lowest BCUT2D eigenvalue weighted by atomic mass is 10.1. The molecule has 0 aliphatic carbocycles. The zero-order chi connectivity index (χ0) is 18.2. The Kier molecular flexibility index (Phi) is 6.77. The van der Waals surface area contributed by atoms with Crippen LogP contribution in [0, 0.1) is 5.82 Å². The predicted molar refractivity (Wildman–Crippen MR) is 92.3 cm³/mol. The zero-order valence-corrected chi connectivity index (χ0v) is 14.3. The van der Waals surface area contributed by atoms with Crippen LogP contribution in [0.25, 0.3) is 0 Å². The first-order chi connectivity index (χ1) is 12.0. The number of nitrogens with one attached hydrogen (secondary N) is 1. The molecular formula is C18H17ClFNO4. The van der Waals surface area contributed by atoms with E-state index in [4.69, 9.17) is 21.1 Å². The molecule has 0 spiro atoms. The number of carbonyl (C=O) groups excluding carboxylic acids is 2. The molecule has 0 unspecified atom stereocenters. The third-order valence-electron chi connectivity index (χ3n) is 3.15. The van der Waals surface area contributed by atoms with Gasteiger partial charge in [-0.25, -0.2) is 4.39 Å². The topological polar surface area (TPSA) is 64.6 Å². The molecule has 1 amide bonds. The molecule has 0 aliphatic rings. The highest BCUT2D eigenvalue weighted by atomic mass is 35.5. The maximum atomic E-state index is 13.1. The zero-order valence-electron chi connectivity index (χ0n) is 13.6. The van der Waals surface area contributed by atoms with Crippen molar-refractivity contribution >= 4 is 29.2 Å².